The van der Waals surface area contributed by atoms with E-state index < -0.39 is 24.4 Å². The van der Waals surface area contributed by atoms with Gasteiger partial charge in [0.25, 0.3) is 0 Å². The number of hydrogen-bond acceptors (Lipinski definition) is 0. The minimum atomic E-state index is -1.63. The Kier molecular flexibility index (Phi) is 6.27. The van der Waals surface area contributed by atoms with E-state index in [1.54, 1.807) is 0 Å². The SMILES string of the molecule is [Cl][Re]#[Re]([Cl])[Cl]. The Hall–Kier alpha value is 2.19. The minimum absolute atomic E-state index is 0.559. The molecule has 0 N–H and O–H groups in total. The van der Waals surface area contributed by atoms with Crippen molar-refractivity contribution in [2.45, 2.75) is 0 Å². The normalized spacial score (nSPS) is 8.80. The third kappa shape index (κ3) is 6.19. The summed E-state index contributed by atoms with van der Waals surface area (Å²) in [6.45, 7) is 0. The molecule has 0 heterocycles. The van der Waals surface area contributed by atoms with Crippen LogP contribution in [0.1, 0.15) is 0 Å². The predicted molar refractivity (Wildman–Crippen MR) is 17.6 cm³/mol. The summed E-state index contributed by atoms with van der Waals surface area (Å²) in [6, 6.07) is 0. The van der Waals surface area contributed by atoms with Crippen LogP contribution in [0.5, 0.6) is 0 Å². The first-order chi connectivity index (χ1) is 2.27. The van der Waals surface area contributed by atoms with Crippen molar-refractivity contribution in [1.82, 2.24) is 0 Å². The van der Waals surface area contributed by atoms with Crippen molar-refractivity contribution in [3.63, 3.8) is 0 Å². The molecule has 0 aromatic rings. The molecular formula is Cl3Re2. The van der Waals surface area contributed by atoms with E-state index in [0.717, 1.165) is 0 Å². The second kappa shape index (κ2) is 4.36. The van der Waals surface area contributed by atoms with Gasteiger partial charge in [-0.1, -0.05) is 0 Å². The van der Waals surface area contributed by atoms with E-state index in [4.69, 9.17) is 28.6 Å². The first kappa shape index (κ1) is 7.19. The van der Waals surface area contributed by atoms with Gasteiger partial charge < -0.3 is 0 Å². The molecule has 0 aliphatic heterocycles. The van der Waals surface area contributed by atoms with E-state index in [2.05, 4.69) is 0 Å². The van der Waals surface area contributed by atoms with E-state index in [0.29, 0.717) is 0 Å². The summed E-state index contributed by atoms with van der Waals surface area (Å²) in [5.41, 5.74) is 0. The zero-order valence-corrected chi connectivity index (χ0v) is 9.59. The van der Waals surface area contributed by atoms with Crippen LogP contribution in [0.2, 0.25) is 0 Å². The van der Waals surface area contributed by atoms with Gasteiger partial charge in [0.15, 0.2) is 0 Å². The fourth-order valence-corrected chi connectivity index (χ4v) is 0. The van der Waals surface area contributed by atoms with Gasteiger partial charge in [-0.3, -0.25) is 0 Å². The summed E-state index contributed by atoms with van der Waals surface area (Å²) >= 11 is -2.19. The van der Waals surface area contributed by atoms with Crippen LogP contribution in [0.4, 0.5) is 0 Å². The summed E-state index contributed by atoms with van der Waals surface area (Å²) in [5.74, 6) is 0. The van der Waals surface area contributed by atoms with Crippen LogP contribution in [-0.2, 0) is 24.4 Å². The molecule has 35 valence electrons. The average Bonchev–Trinajstić information content (AvgIpc) is 1.38. The van der Waals surface area contributed by atoms with Gasteiger partial charge in [-0.05, 0) is 0 Å². The van der Waals surface area contributed by atoms with Crippen LogP contribution in [0, 0.1) is 0 Å². The number of halogens is 3. The number of hydrogen-bond donors (Lipinski definition) is 0. The topological polar surface area (TPSA) is 0 Å². The fraction of sp³-hybridized carbons (Fsp3) is 0. The van der Waals surface area contributed by atoms with Crippen molar-refractivity contribution in [1.29, 1.82) is 0 Å². The molecule has 0 fully saturated rings. The van der Waals surface area contributed by atoms with Crippen molar-refractivity contribution in [3.8, 4) is 0 Å². The molecule has 0 unspecified atom stereocenters. The molecule has 0 saturated carbocycles. The van der Waals surface area contributed by atoms with Gasteiger partial charge in [-0.25, -0.2) is 0 Å². The van der Waals surface area contributed by atoms with Crippen LogP contribution in [0.3, 0.4) is 0 Å². The maximum atomic E-state index is 5.35. The third-order valence-corrected chi connectivity index (χ3v) is 24.6. The van der Waals surface area contributed by atoms with E-state index in [1.807, 2.05) is 0 Å². The molecular weight excluding hydrogens is 479 g/mol. The van der Waals surface area contributed by atoms with Crippen LogP contribution < -0.4 is 0 Å². The van der Waals surface area contributed by atoms with Crippen molar-refractivity contribution in [3.05, 3.63) is 0 Å². The molecule has 0 bridgehead atoms. The van der Waals surface area contributed by atoms with Crippen LogP contribution >= 0.6 is 28.6 Å². The van der Waals surface area contributed by atoms with Crippen molar-refractivity contribution in [2.75, 3.05) is 0 Å². The van der Waals surface area contributed by atoms with Crippen molar-refractivity contribution >= 4 is 28.6 Å². The molecule has 5 heavy (non-hydrogen) atoms. The standard InChI is InChI=1S/3ClH.2Re/h3*1H;;/q;;;+1;+2/p-3. The molecule has 0 aromatic carbocycles. The first-order valence-electron chi connectivity index (χ1n) is 0.571. The van der Waals surface area contributed by atoms with E-state index in [1.165, 1.54) is 0 Å². The van der Waals surface area contributed by atoms with Crippen molar-refractivity contribution < 1.29 is 24.4 Å². The van der Waals surface area contributed by atoms with Gasteiger partial charge in [-0.2, -0.15) is 0 Å². The van der Waals surface area contributed by atoms with Crippen LogP contribution in [0.15, 0.2) is 0 Å². The third-order valence-electron chi connectivity index (χ3n) is 0.0408. The molecule has 5 heteroatoms. The van der Waals surface area contributed by atoms with E-state index >= 15 is 0 Å². The summed E-state index contributed by atoms with van der Waals surface area (Å²) in [5, 5.41) is 0. The summed E-state index contributed by atoms with van der Waals surface area (Å²) in [7, 11) is 16.0. The summed E-state index contributed by atoms with van der Waals surface area (Å²) in [6.07, 6.45) is 0. The molecule has 0 radical (unpaired) electrons. The van der Waals surface area contributed by atoms with Gasteiger partial charge in [0.2, 0.25) is 0 Å². The Labute approximate surface area is 52.3 Å². The molecule has 0 amide bonds. The molecule has 0 nitrogen and oxygen atoms in total. The van der Waals surface area contributed by atoms with E-state index in [-0.39, 0.29) is 0 Å². The molecule has 0 atom stereocenters. The molecule has 0 saturated heterocycles. The zero-order chi connectivity index (χ0) is 4.28. The Morgan fingerprint density at radius 2 is 1.60 bits per heavy atom. The molecule has 0 aliphatic rings. The second-order valence-corrected chi connectivity index (χ2v) is 36.5. The summed E-state index contributed by atoms with van der Waals surface area (Å²) in [4.78, 5) is 0. The average molecular weight is 479 g/mol. The second-order valence-electron chi connectivity index (χ2n) is 0.216. The van der Waals surface area contributed by atoms with Gasteiger partial charge in [0.1, 0.15) is 0 Å². The molecule has 0 spiro atoms. The van der Waals surface area contributed by atoms with Gasteiger partial charge in [0, 0.05) is 0 Å². The maximum absolute atomic E-state index is 5.35. The van der Waals surface area contributed by atoms with Crippen LogP contribution in [0.25, 0.3) is 0 Å². The van der Waals surface area contributed by atoms with Crippen molar-refractivity contribution in [2.24, 2.45) is 0 Å². The van der Waals surface area contributed by atoms with Gasteiger partial charge in [-0.15, -0.1) is 0 Å². The predicted octanol–water partition coefficient (Wildman–Crippen LogP) is 2.06. The summed E-state index contributed by atoms with van der Waals surface area (Å²) < 4.78 is 0. The molecule has 0 rings (SSSR count). The molecule has 0 aliphatic carbocycles. The first-order valence-corrected chi connectivity index (χ1v) is 20.1. The zero-order valence-electron chi connectivity index (χ0n) is 1.89. The molecule has 0 aromatic heterocycles. The monoisotopic (exact) mass is 479 g/mol. The van der Waals surface area contributed by atoms with Crippen LogP contribution in [-0.4, -0.2) is 0 Å². The number of rotatable bonds is 0. The fourth-order valence-electron chi connectivity index (χ4n) is 0. The Balaban J connectivity index is 3.42. The Morgan fingerprint density at radius 3 is 1.60 bits per heavy atom. The Bertz CT molecular complexity index is 76.0. The quantitative estimate of drug-likeness (QED) is 0.500. The van der Waals surface area contributed by atoms with E-state index in [9.17, 15) is 0 Å². The Morgan fingerprint density at radius 1 is 1.40 bits per heavy atom. The van der Waals surface area contributed by atoms with Gasteiger partial charge >= 0.3 is 52.9 Å². The van der Waals surface area contributed by atoms with Gasteiger partial charge in [0.05, 0.1) is 0 Å².